The Kier molecular flexibility index (Phi) is 4.22. The number of carbonyl (C=O) groups is 1. The summed E-state index contributed by atoms with van der Waals surface area (Å²) in [6.45, 7) is 1.91. The minimum absolute atomic E-state index is 0.301. The lowest BCUT2D eigenvalue weighted by molar-refractivity contribution is -0.153. The van der Waals surface area contributed by atoms with Crippen molar-refractivity contribution in [2.75, 3.05) is 26.9 Å². The summed E-state index contributed by atoms with van der Waals surface area (Å²) in [5.41, 5.74) is 0.728. The van der Waals surface area contributed by atoms with Crippen LogP contribution < -0.4 is 0 Å². The van der Waals surface area contributed by atoms with Gasteiger partial charge in [0.1, 0.15) is 11.9 Å². The molecule has 0 N–H and O–H groups in total. The number of ether oxygens (including phenoxy) is 2. The van der Waals surface area contributed by atoms with Crippen molar-refractivity contribution in [3.05, 3.63) is 29.8 Å². The third-order valence-electron chi connectivity index (χ3n) is 2.86. The van der Waals surface area contributed by atoms with Crippen LogP contribution in [0.2, 0.25) is 0 Å². The van der Waals surface area contributed by atoms with Crippen molar-refractivity contribution in [1.29, 1.82) is 0 Å². The van der Waals surface area contributed by atoms with Gasteiger partial charge >= 0.3 is 5.97 Å². The zero-order chi connectivity index (χ0) is 13.0. The lowest BCUT2D eigenvalue weighted by Crippen LogP contribution is -2.49. The number of esters is 1. The average Bonchev–Trinajstić information content (AvgIpc) is 2.38. The zero-order valence-electron chi connectivity index (χ0n) is 10.1. The van der Waals surface area contributed by atoms with Crippen LogP contribution >= 0.6 is 0 Å². The van der Waals surface area contributed by atoms with Gasteiger partial charge in [0, 0.05) is 19.3 Å². The molecule has 1 fully saturated rings. The van der Waals surface area contributed by atoms with E-state index in [4.69, 9.17) is 9.47 Å². The second-order valence-electron chi connectivity index (χ2n) is 4.10. The van der Waals surface area contributed by atoms with Gasteiger partial charge in [0.05, 0.1) is 26.5 Å². The predicted molar refractivity (Wildman–Crippen MR) is 61.2 cm³/mol. The van der Waals surface area contributed by atoms with Crippen LogP contribution in [-0.2, 0) is 20.8 Å². The normalized spacial score (nSPS) is 20.7. The number of halogens is 1. The Labute approximate surface area is 105 Å². The average molecular weight is 254 g/mol. The highest BCUT2D eigenvalue weighted by atomic mass is 19.1. The molecular weight excluding hydrogens is 239 g/mol. The summed E-state index contributed by atoms with van der Waals surface area (Å²) in [7, 11) is 1.35. The van der Waals surface area contributed by atoms with Gasteiger partial charge in [-0.3, -0.25) is 14.7 Å². The van der Waals surface area contributed by atoms with Crippen molar-refractivity contribution in [3.63, 3.8) is 0 Å². The maximum atomic E-state index is 13.0. The number of carbonyl (C=O) groups excluding carboxylic acids is 1. The number of nitrogens with zero attached hydrogens (tertiary/aromatic N) is 2. The van der Waals surface area contributed by atoms with E-state index in [2.05, 4.69) is 4.98 Å². The SMILES string of the molecule is COC(=O)C1COCCN1Cc1cncc(F)c1. The van der Waals surface area contributed by atoms with Crippen molar-refractivity contribution in [2.45, 2.75) is 12.6 Å². The van der Waals surface area contributed by atoms with Crippen molar-refractivity contribution in [3.8, 4) is 0 Å². The van der Waals surface area contributed by atoms with Gasteiger partial charge in [-0.25, -0.2) is 4.39 Å². The molecule has 1 saturated heterocycles. The molecule has 0 saturated carbocycles. The van der Waals surface area contributed by atoms with Crippen LogP contribution in [0.15, 0.2) is 18.5 Å². The molecule has 0 spiro atoms. The van der Waals surface area contributed by atoms with Crippen LogP contribution in [-0.4, -0.2) is 48.8 Å². The van der Waals surface area contributed by atoms with E-state index in [9.17, 15) is 9.18 Å². The number of hydrogen-bond donors (Lipinski definition) is 0. The largest absolute Gasteiger partial charge is 0.468 e. The van der Waals surface area contributed by atoms with Crippen molar-refractivity contribution in [2.24, 2.45) is 0 Å². The first kappa shape index (κ1) is 12.9. The van der Waals surface area contributed by atoms with Crippen LogP contribution in [0.5, 0.6) is 0 Å². The highest BCUT2D eigenvalue weighted by Crippen LogP contribution is 2.13. The fraction of sp³-hybridized carbons (Fsp3) is 0.500. The molecule has 1 unspecified atom stereocenters. The molecule has 5 nitrogen and oxygen atoms in total. The van der Waals surface area contributed by atoms with E-state index in [0.29, 0.717) is 26.3 Å². The first-order chi connectivity index (χ1) is 8.70. The van der Waals surface area contributed by atoms with Crippen molar-refractivity contribution >= 4 is 5.97 Å². The molecular formula is C12H15FN2O3. The van der Waals surface area contributed by atoms with Gasteiger partial charge < -0.3 is 9.47 Å². The second kappa shape index (κ2) is 5.88. The third-order valence-corrected chi connectivity index (χ3v) is 2.86. The van der Waals surface area contributed by atoms with Gasteiger partial charge in [0.25, 0.3) is 0 Å². The standard InChI is InChI=1S/C12H15FN2O3/c1-17-12(16)11-8-18-3-2-15(11)7-9-4-10(13)6-14-5-9/h4-6,11H,2-3,7-8H2,1H3. The van der Waals surface area contributed by atoms with Gasteiger partial charge in [-0.2, -0.15) is 0 Å². The van der Waals surface area contributed by atoms with E-state index in [1.165, 1.54) is 13.2 Å². The second-order valence-corrected chi connectivity index (χ2v) is 4.10. The van der Waals surface area contributed by atoms with Gasteiger partial charge in [-0.15, -0.1) is 0 Å². The number of rotatable bonds is 3. The molecule has 98 valence electrons. The number of aromatic nitrogens is 1. The third kappa shape index (κ3) is 3.02. The van der Waals surface area contributed by atoms with Crippen molar-refractivity contribution in [1.82, 2.24) is 9.88 Å². The van der Waals surface area contributed by atoms with Crippen LogP contribution in [0.3, 0.4) is 0 Å². The van der Waals surface area contributed by atoms with Crippen LogP contribution in [0, 0.1) is 5.82 Å². The Morgan fingerprint density at radius 2 is 2.50 bits per heavy atom. The molecule has 1 aliphatic rings. The maximum absolute atomic E-state index is 13.0. The predicted octanol–water partition coefficient (Wildman–Crippen LogP) is 0.594. The van der Waals surface area contributed by atoms with E-state index in [1.807, 2.05) is 4.90 Å². The quantitative estimate of drug-likeness (QED) is 0.739. The maximum Gasteiger partial charge on any atom is 0.325 e. The number of methoxy groups -OCH3 is 1. The molecule has 1 aromatic heterocycles. The molecule has 0 bridgehead atoms. The molecule has 18 heavy (non-hydrogen) atoms. The first-order valence-corrected chi connectivity index (χ1v) is 5.70. The Bertz CT molecular complexity index is 428. The van der Waals surface area contributed by atoms with E-state index in [-0.39, 0.29) is 11.8 Å². The summed E-state index contributed by atoms with van der Waals surface area (Å²) in [5, 5.41) is 0. The summed E-state index contributed by atoms with van der Waals surface area (Å²) >= 11 is 0. The molecule has 6 heteroatoms. The Morgan fingerprint density at radius 3 is 3.22 bits per heavy atom. The summed E-state index contributed by atoms with van der Waals surface area (Å²) < 4.78 is 23.0. The number of pyridine rings is 1. The molecule has 0 radical (unpaired) electrons. The van der Waals surface area contributed by atoms with Crippen molar-refractivity contribution < 1.29 is 18.7 Å². The van der Waals surface area contributed by atoms with Crippen LogP contribution in [0.4, 0.5) is 4.39 Å². The van der Waals surface area contributed by atoms with E-state index in [1.54, 1.807) is 6.20 Å². The van der Waals surface area contributed by atoms with Crippen LogP contribution in [0.1, 0.15) is 5.56 Å². The molecule has 0 aromatic carbocycles. The topological polar surface area (TPSA) is 51.7 Å². The fourth-order valence-corrected chi connectivity index (χ4v) is 1.96. The Balaban J connectivity index is 2.07. The lowest BCUT2D eigenvalue weighted by atomic mass is 10.2. The highest BCUT2D eigenvalue weighted by molar-refractivity contribution is 5.75. The molecule has 2 heterocycles. The number of morpholine rings is 1. The molecule has 1 aliphatic heterocycles. The van der Waals surface area contributed by atoms with Gasteiger partial charge in [-0.1, -0.05) is 0 Å². The van der Waals surface area contributed by atoms with Gasteiger partial charge in [-0.05, 0) is 11.6 Å². The summed E-state index contributed by atoms with van der Waals surface area (Å²) in [6.07, 6.45) is 2.74. The molecule has 2 rings (SSSR count). The van der Waals surface area contributed by atoms with E-state index < -0.39 is 6.04 Å². The monoisotopic (exact) mass is 254 g/mol. The Morgan fingerprint density at radius 1 is 1.67 bits per heavy atom. The molecule has 0 aliphatic carbocycles. The number of hydrogen-bond acceptors (Lipinski definition) is 5. The van der Waals surface area contributed by atoms with Gasteiger partial charge in [0.15, 0.2) is 0 Å². The van der Waals surface area contributed by atoms with E-state index in [0.717, 1.165) is 11.8 Å². The lowest BCUT2D eigenvalue weighted by Gasteiger charge is -2.33. The smallest absolute Gasteiger partial charge is 0.325 e. The highest BCUT2D eigenvalue weighted by Gasteiger charge is 2.30. The first-order valence-electron chi connectivity index (χ1n) is 5.70. The fourth-order valence-electron chi connectivity index (χ4n) is 1.96. The van der Waals surface area contributed by atoms with Crippen LogP contribution in [0.25, 0.3) is 0 Å². The van der Waals surface area contributed by atoms with E-state index >= 15 is 0 Å². The minimum atomic E-state index is -0.438. The summed E-state index contributed by atoms with van der Waals surface area (Å²) in [6, 6.07) is 0.976. The summed E-state index contributed by atoms with van der Waals surface area (Å²) in [5.74, 6) is -0.713. The molecule has 1 atom stereocenters. The molecule has 1 aromatic rings. The minimum Gasteiger partial charge on any atom is -0.468 e. The molecule has 0 amide bonds. The Hall–Kier alpha value is -1.53. The zero-order valence-corrected chi connectivity index (χ0v) is 10.1. The van der Waals surface area contributed by atoms with Gasteiger partial charge in [0.2, 0.25) is 0 Å². The summed E-state index contributed by atoms with van der Waals surface area (Å²) in [4.78, 5) is 17.3.